The largest absolute Gasteiger partial charge is 0.456 e. The molecule has 0 fully saturated rings. The van der Waals surface area contributed by atoms with Gasteiger partial charge in [0.15, 0.2) is 0 Å². The summed E-state index contributed by atoms with van der Waals surface area (Å²) in [5, 5.41) is 4.68. The highest BCUT2D eigenvalue weighted by molar-refractivity contribution is 14.1. The minimum Gasteiger partial charge on any atom is -0.456 e. The van der Waals surface area contributed by atoms with Crippen molar-refractivity contribution in [1.29, 1.82) is 0 Å². The van der Waals surface area contributed by atoms with Crippen LogP contribution >= 0.6 is 22.6 Å². The average Bonchev–Trinajstić information content (AvgIpc) is 3.51. The Labute approximate surface area is 239 Å². The Morgan fingerprint density at radius 2 is 1.05 bits per heavy atom. The zero-order valence-corrected chi connectivity index (χ0v) is 23.1. The normalized spacial score (nSPS) is 11.7. The van der Waals surface area contributed by atoms with Crippen LogP contribution in [0.1, 0.15) is 0 Å². The molecule has 184 valence electrons. The fourth-order valence-electron chi connectivity index (χ4n) is 5.94. The summed E-state index contributed by atoms with van der Waals surface area (Å²) in [5.74, 6) is 0. The van der Waals surface area contributed by atoms with Crippen molar-refractivity contribution in [1.82, 2.24) is 4.57 Å². The molecule has 0 spiro atoms. The second kappa shape index (κ2) is 8.85. The maximum Gasteiger partial charge on any atom is 0.136 e. The lowest BCUT2D eigenvalue weighted by Crippen LogP contribution is -2.01. The van der Waals surface area contributed by atoms with Gasteiger partial charge in [-0.1, -0.05) is 97.1 Å². The van der Waals surface area contributed by atoms with Crippen LogP contribution in [0, 0.1) is 3.57 Å². The van der Waals surface area contributed by atoms with E-state index in [1.165, 1.54) is 53.3 Å². The Morgan fingerprint density at radius 3 is 1.74 bits per heavy atom. The Hall–Kier alpha value is -4.35. The number of nitrogens with zero attached hydrogens (tertiary/aromatic N) is 1. The van der Waals surface area contributed by atoms with Crippen molar-refractivity contribution in [3.05, 3.63) is 137 Å². The summed E-state index contributed by atoms with van der Waals surface area (Å²) in [5.41, 5.74) is 10.2. The molecule has 2 heterocycles. The smallest absolute Gasteiger partial charge is 0.136 e. The van der Waals surface area contributed by atoms with E-state index in [0.717, 1.165) is 21.9 Å². The van der Waals surface area contributed by atoms with Crippen molar-refractivity contribution in [3.8, 4) is 27.9 Å². The fraction of sp³-hybridized carbons (Fsp3) is 0. The summed E-state index contributed by atoms with van der Waals surface area (Å²) >= 11 is 2.45. The lowest BCUT2D eigenvalue weighted by Gasteiger charge is -2.20. The molecule has 0 aliphatic carbocycles. The highest BCUT2D eigenvalue weighted by atomic mass is 127. The molecule has 8 rings (SSSR count). The first-order valence-electron chi connectivity index (χ1n) is 13.1. The van der Waals surface area contributed by atoms with Gasteiger partial charge in [-0.15, -0.1) is 0 Å². The molecule has 8 aromatic rings. The van der Waals surface area contributed by atoms with Gasteiger partial charge in [0.25, 0.3) is 0 Å². The molecular formula is C36H22INO. The Balaban J connectivity index is 1.59. The summed E-state index contributed by atoms with van der Waals surface area (Å²) < 4.78 is 9.99. The SMILES string of the molecule is Ic1cc(-c2ccccc2)c(-n2c3ccccc3c3cc4oc5ccccc5c4cc32)c(-c2ccccc2)c1. The second-order valence-corrected chi connectivity index (χ2v) is 11.1. The number of aromatic nitrogens is 1. The summed E-state index contributed by atoms with van der Waals surface area (Å²) in [6, 6.07) is 47.6. The molecule has 2 nitrogen and oxygen atoms in total. The number of halogens is 1. The van der Waals surface area contributed by atoms with Crippen molar-refractivity contribution in [2.75, 3.05) is 0 Å². The van der Waals surface area contributed by atoms with Gasteiger partial charge in [-0.2, -0.15) is 0 Å². The molecule has 39 heavy (non-hydrogen) atoms. The minimum atomic E-state index is 0.917. The predicted octanol–water partition coefficient (Wildman–Crippen LogP) is 10.6. The number of hydrogen-bond acceptors (Lipinski definition) is 1. The van der Waals surface area contributed by atoms with Gasteiger partial charge in [-0.25, -0.2) is 0 Å². The van der Waals surface area contributed by atoms with E-state index in [-0.39, 0.29) is 0 Å². The van der Waals surface area contributed by atoms with Gasteiger partial charge in [0, 0.05) is 36.2 Å². The van der Waals surface area contributed by atoms with Crippen LogP contribution in [0.3, 0.4) is 0 Å². The van der Waals surface area contributed by atoms with E-state index in [0.29, 0.717) is 0 Å². The highest BCUT2D eigenvalue weighted by Gasteiger charge is 2.22. The molecular weight excluding hydrogens is 589 g/mol. The van der Waals surface area contributed by atoms with Crippen molar-refractivity contribution < 1.29 is 4.42 Å². The molecule has 6 aromatic carbocycles. The van der Waals surface area contributed by atoms with E-state index in [4.69, 9.17) is 4.42 Å². The maximum atomic E-state index is 6.32. The molecule has 0 aliphatic heterocycles. The van der Waals surface area contributed by atoms with E-state index in [9.17, 15) is 0 Å². The Kier molecular flexibility index (Phi) is 5.13. The number of para-hydroxylation sites is 2. The van der Waals surface area contributed by atoms with Crippen LogP contribution in [0.2, 0.25) is 0 Å². The topological polar surface area (TPSA) is 18.1 Å². The molecule has 0 aliphatic rings. The lowest BCUT2D eigenvalue weighted by molar-refractivity contribution is 0.669. The zero-order valence-electron chi connectivity index (χ0n) is 20.9. The maximum absolute atomic E-state index is 6.32. The van der Waals surface area contributed by atoms with Crippen molar-refractivity contribution >= 4 is 66.3 Å². The van der Waals surface area contributed by atoms with Crippen molar-refractivity contribution in [2.24, 2.45) is 0 Å². The van der Waals surface area contributed by atoms with Crippen LogP contribution in [0.25, 0.3) is 71.7 Å². The van der Waals surface area contributed by atoms with Crippen LogP contribution in [0.4, 0.5) is 0 Å². The van der Waals surface area contributed by atoms with Gasteiger partial charge in [0.2, 0.25) is 0 Å². The number of hydrogen-bond donors (Lipinski definition) is 0. The first-order chi connectivity index (χ1) is 19.3. The average molecular weight is 611 g/mol. The van der Waals surface area contributed by atoms with Gasteiger partial charge < -0.3 is 8.98 Å². The lowest BCUT2D eigenvalue weighted by atomic mass is 9.95. The first-order valence-corrected chi connectivity index (χ1v) is 14.1. The molecule has 0 amide bonds. The molecule has 0 radical (unpaired) electrons. The number of furan rings is 1. The van der Waals surface area contributed by atoms with Crippen LogP contribution in [-0.2, 0) is 0 Å². The minimum absolute atomic E-state index is 0.917. The highest BCUT2D eigenvalue weighted by Crippen LogP contribution is 2.44. The van der Waals surface area contributed by atoms with Gasteiger partial charge >= 0.3 is 0 Å². The molecule has 0 saturated carbocycles. The summed E-state index contributed by atoms with van der Waals surface area (Å²) in [7, 11) is 0. The Bertz CT molecular complexity index is 2110. The van der Waals surface area contributed by atoms with Gasteiger partial charge in [-0.3, -0.25) is 0 Å². The number of benzene rings is 6. The van der Waals surface area contributed by atoms with Crippen LogP contribution < -0.4 is 0 Å². The molecule has 0 saturated heterocycles. The molecule has 3 heteroatoms. The van der Waals surface area contributed by atoms with Crippen molar-refractivity contribution in [3.63, 3.8) is 0 Å². The Morgan fingerprint density at radius 1 is 0.462 bits per heavy atom. The third-order valence-corrected chi connectivity index (χ3v) is 8.26. The van der Waals surface area contributed by atoms with Crippen molar-refractivity contribution in [2.45, 2.75) is 0 Å². The third kappa shape index (κ3) is 3.53. The van der Waals surface area contributed by atoms with Gasteiger partial charge in [-0.05, 0) is 70.1 Å². The van der Waals surface area contributed by atoms with E-state index in [1.807, 2.05) is 12.1 Å². The molecule has 2 aromatic heterocycles. The second-order valence-electron chi connectivity index (χ2n) is 9.90. The monoisotopic (exact) mass is 611 g/mol. The molecule has 0 atom stereocenters. The summed E-state index contributed by atoms with van der Waals surface area (Å²) in [6.45, 7) is 0. The molecule has 0 unspecified atom stereocenters. The number of rotatable bonds is 3. The van der Waals surface area contributed by atoms with Crippen LogP contribution in [-0.4, -0.2) is 4.57 Å². The zero-order chi connectivity index (χ0) is 25.9. The van der Waals surface area contributed by atoms with Gasteiger partial charge in [0.05, 0.1) is 16.7 Å². The first kappa shape index (κ1) is 22.6. The number of fused-ring (bicyclic) bond motifs is 6. The van der Waals surface area contributed by atoms with Crippen LogP contribution in [0.5, 0.6) is 0 Å². The van der Waals surface area contributed by atoms with Crippen LogP contribution in [0.15, 0.2) is 138 Å². The summed E-state index contributed by atoms with van der Waals surface area (Å²) in [4.78, 5) is 0. The summed E-state index contributed by atoms with van der Waals surface area (Å²) in [6.07, 6.45) is 0. The standard InChI is InChI=1S/C36H22INO/c37-25-19-28(23-11-3-1-4-12-23)36(29(20-25)24-13-5-2-6-14-24)38-32-17-9-7-15-26(32)30-22-35-31(21-33(30)38)27-16-8-10-18-34(27)39-35/h1-22H. The predicted molar refractivity (Wildman–Crippen MR) is 172 cm³/mol. The third-order valence-electron chi connectivity index (χ3n) is 7.64. The van der Waals surface area contributed by atoms with E-state index >= 15 is 0 Å². The van der Waals surface area contributed by atoms with Gasteiger partial charge in [0.1, 0.15) is 11.2 Å². The van der Waals surface area contributed by atoms with E-state index in [1.54, 1.807) is 0 Å². The van der Waals surface area contributed by atoms with E-state index < -0.39 is 0 Å². The molecule has 0 N–H and O–H groups in total. The fourth-order valence-corrected chi connectivity index (χ4v) is 6.57. The quantitative estimate of drug-likeness (QED) is 0.182. The van der Waals surface area contributed by atoms with E-state index in [2.05, 4.69) is 148 Å². The molecule has 0 bridgehead atoms.